The van der Waals surface area contributed by atoms with E-state index in [1.165, 1.54) is 89.0 Å². The molecule has 0 saturated heterocycles. The van der Waals surface area contributed by atoms with Gasteiger partial charge in [-0.2, -0.15) is 0 Å². The summed E-state index contributed by atoms with van der Waals surface area (Å²) in [5.41, 5.74) is 1.95. The molecule has 0 radical (unpaired) electrons. The Morgan fingerprint density at radius 3 is 2.09 bits per heavy atom. The van der Waals surface area contributed by atoms with Crippen molar-refractivity contribution in [2.24, 2.45) is 4.99 Å². The van der Waals surface area contributed by atoms with Crippen LogP contribution in [-0.4, -0.2) is 30.7 Å². The second-order valence-corrected chi connectivity index (χ2v) is 13.2. The minimum atomic E-state index is -0.764. The van der Waals surface area contributed by atoms with Crippen LogP contribution in [0.25, 0.3) is 10.8 Å². The second-order valence-electron chi connectivity index (χ2n) is 13.2. The maximum absolute atomic E-state index is 10.1. The third-order valence-electron chi connectivity index (χ3n) is 9.74. The van der Waals surface area contributed by atoms with Crippen LogP contribution in [-0.2, 0) is 5.41 Å². The molecule has 0 saturated carbocycles. The maximum Gasteiger partial charge on any atom is 0.228 e. The Bertz CT molecular complexity index is 1400. The zero-order valence-electron chi connectivity index (χ0n) is 27.0. The van der Waals surface area contributed by atoms with E-state index in [9.17, 15) is 5.11 Å². The first-order valence-corrected chi connectivity index (χ1v) is 16.9. The van der Waals surface area contributed by atoms with Crippen molar-refractivity contribution >= 4 is 28.4 Å². The Balaban J connectivity index is 1.09. The molecule has 3 aromatic carbocycles. The zero-order valence-corrected chi connectivity index (χ0v) is 27.0. The van der Waals surface area contributed by atoms with Crippen molar-refractivity contribution in [2.75, 3.05) is 18.6 Å². The molecule has 232 valence electrons. The summed E-state index contributed by atoms with van der Waals surface area (Å²) in [6.07, 6.45) is 21.0. The standard InChI is InChI=1S/C38H52N2O3/c1-5-6-7-8-9-10-11-12-13-14-15-16-17-18-25-42-31-22-23-34-33(27-31)37(2,3)38(40(34)4)28-39-36-32-26-30(41)21-19-29(32)20-24-35(36)43-38/h19-24,26-28,41H,5-18,25H2,1-4H3. The number of aliphatic imine (C=N–C) groups is 1. The lowest BCUT2D eigenvalue weighted by atomic mass is 9.77. The van der Waals surface area contributed by atoms with Crippen LogP contribution in [0.3, 0.4) is 0 Å². The Hall–Kier alpha value is -3.21. The van der Waals surface area contributed by atoms with Gasteiger partial charge in [-0.15, -0.1) is 0 Å². The number of phenols is 1. The Morgan fingerprint density at radius 2 is 1.42 bits per heavy atom. The van der Waals surface area contributed by atoms with Gasteiger partial charge in [-0.25, -0.2) is 0 Å². The number of anilines is 1. The summed E-state index contributed by atoms with van der Waals surface area (Å²) < 4.78 is 13.1. The van der Waals surface area contributed by atoms with E-state index in [4.69, 9.17) is 14.5 Å². The fourth-order valence-corrected chi connectivity index (χ4v) is 6.95. The Morgan fingerprint density at radius 1 is 0.791 bits per heavy atom. The van der Waals surface area contributed by atoms with E-state index in [1.54, 1.807) is 12.1 Å². The molecule has 1 unspecified atom stereocenters. The van der Waals surface area contributed by atoms with E-state index >= 15 is 0 Å². The third kappa shape index (κ3) is 6.66. The molecule has 1 spiro atoms. The number of hydrogen-bond donors (Lipinski definition) is 1. The highest BCUT2D eigenvalue weighted by atomic mass is 16.5. The molecule has 0 amide bonds. The van der Waals surface area contributed by atoms with Crippen LogP contribution in [0.15, 0.2) is 53.5 Å². The van der Waals surface area contributed by atoms with Crippen molar-refractivity contribution in [3.05, 3.63) is 54.1 Å². The first-order valence-electron chi connectivity index (χ1n) is 16.9. The number of aromatic hydroxyl groups is 1. The number of unbranched alkanes of at least 4 members (excludes halogenated alkanes) is 13. The van der Waals surface area contributed by atoms with Crippen molar-refractivity contribution in [2.45, 2.75) is 122 Å². The van der Waals surface area contributed by atoms with Gasteiger partial charge >= 0.3 is 0 Å². The number of nitrogens with zero attached hydrogens (tertiary/aromatic N) is 2. The topological polar surface area (TPSA) is 54.3 Å². The number of hydrogen-bond acceptors (Lipinski definition) is 5. The molecule has 0 aromatic heterocycles. The number of likely N-dealkylation sites (N-methyl/N-ethyl adjacent to an activating group) is 1. The van der Waals surface area contributed by atoms with Gasteiger partial charge in [-0.1, -0.05) is 103 Å². The molecular weight excluding hydrogens is 532 g/mol. The van der Waals surface area contributed by atoms with Gasteiger partial charge in [0.05, 0.1) is 18.2 Å². The van der Waals surface area contributed by atoms with E-state index < -0.39 is 5.72 Å². The molecule has 0 bridgehead atoms. The van der Waals surface area contributed by atoms with Crippen molar-refractivity contribution in [1.29, 1.82) is 0 Å². The normalized spacial score (nSPS) is 18.2. The lowest BCUT2D eigenvalue weighted by Crippen LogP contribution is -2.61. The first kappa shape index (κ1) is 31.2. The monoisotopic (exact) mass is 584 g/mol. The van der Waals surface area contributed by atoms with Gasteiger partial charge < -0.3 is 19.5 Å². The number of phenolic OH excluding ortho intramolecular Hbond substituents is 1. The average molecular weight is 585 g/mol. The molecule has 1 N–H and O–H groups in total. The van der Waals surface area contributed by atoms with E-state index in [0.29, 0.717) is 0 Å². The van der Waals surface area contributed by atoms with E-state index in [1.807, 2.05) is 24.4 Å². The van der Waals surface area contributed by atoms with Gasteiger partial charge in [-0.3, -0.25) is 4.99 Å². The van der Waals surface area contributed by atoms with E-state index in [-0.39, 0.29) is 11.2 Å². The van der Waals surface area contributed by atoms with Gasteiger partial charge in [0.2, 0.25) is 5.72 Å². The third-order valence-corrected chi connectivity index (χ3v) is 9.74. The summed E-state index contributed by atoms with van der Waals surface area (Å²) in [6, 6.07) is 15.8. The first-order chi connectivity index (χ1) is 20.9. The lowest BCUT2D eigenvalue weighted by Gasteiger charge is -2.45. The highest BCUT2D eigenvalue weighted by Gasteiger charge is 2.58. The van der Waals surface area contributed by atoms with Crippen LogP contribution in [0.1, 0.15) is 116 Å². The molecule has 5 rings (SSSR count). The van der Waals surface area contributed by atoms with Gasteiger partial charge in [0.1, 0.15) is 22.9 Å². The quantitative estimate of drug-likeness (QED) is 0.170. The summed E-state index contributed by atoms with van der Waals surface area (Å²) in [7, 11) is 2.08. The Kier molecular flexibility index (Phi) is 10.2. The van der Waals surface area contributed by atoms with Gasteiger partial charge in [0.25, 0.3) is 0 Å². The molecule has 5 nitrogen and oxygen atoms in total. The number of fused-ring (bicyclic) bond motifs is 4. The molecular formula is C38H52N2O3. The van der Waals surface area contributed by atoms with Crippen molar-refractivity contribution in [3.63, 3.8) is 0 Å². The molecule has 0 aliphatic carbocycles. The van der Waals surface area contributed by atoms with E-state index in [2.05, 4.69) is 50.9 Å². The minimum absolute atomic E-state index is 0.226. The molecule has 5 heteroatoms. The fraction of sp³-hybridized carbons (Fsp3) is 0.553. The predicted molar refractivity (Wildman–Crippen MR) is 181 cm³/mol. The van der Waals surface area contributed by atoms with Crippen LogP contribution in [0.4, 0.5) is 11.4 Å². The van der Waals surface area contributed by atoms with Crippen molar-refractivity contribution in [1.82, 2.24) is 0 Å². The molecule has 3 aromatic rings. The number of ether oxygens (including phenoxy) is 2. The predicted octanol–water partition coefficient (Wildman–Crippen LogP) is 10.6. The smallest absolute Gasteiger partial charge is 0.228 e. The fourth-order valence-electron chi connectivity index (χ4n) is 6.95. The summed E-state index contributed by atoms with van der Waals surface area (Å²) in [4.78, 5) is 7.13. The molecule has 2 aliphatic rings. The van der Waals surface area contributed by atoms with Crippen LogP contribution in [0.2, 0.25) is 0 Å². The van der Waals surface area contributed by atoms with E-state index in [0.717, 1.165) is 46.7 Å². The van der Waals surface area contributed by atoms with Crippen molar-refractivity contribution in [3.8, 4) is 17.2 Å². The number of benzene rings is 3. The lowest BCUT2D eigenvalue weighted by molar-refractivity contribution is 0.0826. The summed E-state index contributed by atoms with van der Waals surface area (Å²) in [5.74, 6) is 1.87. The average Bonchev–Trinajstić information content (AvgIpc) is 3.16. The van der Waals surface area contributed by atoms with Crippen LogP contribution in [0.5, 0.6) is 17.2 Å². The van der Waals surface area contributed by atoms with Crippen molar-refractivity contribution < 1.29 is 14.6 Å². The molecule has 2 aliphatic heterocycles. The largest absolute Gasteiger partial charge is 0.508 e. The van der Waals surface area contributed by atoms with Crippen LogP contribution in [0, 0.1) is 0 Å². The Labute approximate surface area is 259 Å². The van der Waals surface area contributed by atoms with Gasteiger partial charge in [0, 0.05) is 18.1 Å². The van der Waals surface area contributed by atoms with Crippen LogP contribution >= 0.6 is 0 Å². The molecule has 43 heavy (non-hydrogen) atoms. The molecule has 0 fully saturated rings. The summed E-state index contributed by atoms with van der Waals surface area (Å²) in [6.45, 7) is 7.48. The molecule has 1 atom stereocenters. The second kappa shape index (κ2) is 14.1. The highest BCUT2D eigenvalue weighted by molar-refractivity contribution is 6.00. The number of rotatable bonds is 16. The zero-order chi connectivity index (χ0) is 30.3. The summed E-state index contributed by atoms with van der Waals surface area (Å²) >= 11 is 0. The van der Waals surface area contributed by atoms with Gasteiger partial charge in [0.15, 0.2) is 0 Å². The SMILES string of the molecule is CCCCCCCCCCCCCCCCOc1ccc2c(c1)C(C)(C)C1(C=Nc3c(ccc4ccc(O)cc34)O1)N2C. The highest BCUT2D eigenvalue weighted by Crippen LogP contribution is 2.55. The van der Waals surface area contributed by atoms with Gasteiger partial charge in [-0.05, 0) is 67.6 Å². The maximum atomic E-state index is 10.1. The summed E-state index contributed by atoms with van der Waals surface area (Å²) in [5, 5.41) is 12.0. The van der Waals surface area contributed by atoms with Crippen LogP contribution < -0.4 is 14.4 Å². The minimum Gasteiger partial charge on any atom is -0.508 e. The molecule has 2 heterocycles.